The summed E-state index contributed by atoms with van der Waals surface area (Å²) in [7, 11) is 0. The Hall–Kier alpha value is -0.940. The molecule has 0 amide bonds. The molecule has 14 heavy (non-hydrogen) atoms. The lowest BCUT2D eigenvalue weighted by Gasteiger charge is -1.98. The minimum Gasteiger partial charge on any atom is -0.374 e. The molecule has 0 aliphatic carbocycles. The number of rotatable bonds is 4. The lowest BCUT2D eigenvalue weighted by molar-refractivity contribution is 0.126. The Morgan fingerprint density at radius 2 is 2.57 bits per heavy atom. The minimum atomic E-state index is 0.387. The Bertz CT molecular complexity index is 281. The van der Waals surface area contributed by atoms with Crippen LogP contribution in [0.3, 0.4) is 0 Å². The number of nitrogens with one attached hydrogen (secondary N) is 1. The average molecular weight is 197 g/mol. The van der Waals surface area contributed by atoms with Crippen LogP contribution in [0.5, 0.6) is 0 Å². The molecule has 1 unspecified atom stereocenters. The van der Waals surface area contributed by atoms with Gasteiger partial charge in [-0.1, -0.05) is 5.16 Å². The molecule has 78 valence electrons. The predicted molar refractivity (Wildman–Crippen MR) is 49.9 cm³/mol. The van der Waals surface area contributed by atoms with Crippen LogP contribution < -0.4 is 5.32 Å². The Balaban J connectivity index is 1.94. The fourth-order valence-corrected chi connectivity index (χ4v) is 1.55. The van der Waals surface area contributed by atoms with Crippen molar-refractivity contribution < 1.29 is 9.26 Å². The SMILES string of the molecule is CCOCc1noc(C2CCNC2)n1. The third-order valence-electron chi connectivity index (χ3n) is 2.33. The van der Waals surface area contributed by atoms with Gasteiger partial charge in [0.25, 0.3) is 0 Å². The zero-order valence-corrected chi connectivity index (χ0v) is 8.32. The van der Waals surface area contributed by atoms with Crippen molar-refractivity contribution in [2.24, 2.45) is 0 Å². The molecule has 0 radical (unpaired) electrons. The van der Waals surface area contributed by atoms with Gasteiger partial charge in [0.1, 0.15) is 6.61 Å². The second-order valence-corrected chi connectivity index (χ2v) is 3.38. The van der Waals surface area contributed by atoms with Crippen LogP contribution in [0.25, 0.3) is 0 Å². The summed E-state index contributed by atoms with van der Waals surface area (Å²) in [6.45, 7) is 5.04. The molecule has 1 atom stereocenters. The van der Waals surface area contributed by atoms with E-state index in [0.717, 1.165) is 25.4 Å². The van der Waals surface area contributed by atoms with Crippen molar-refractivity contribution in [1.29, 1.82) is 0 Å². The third kappa shape index (κ3) is 2.10. The first-order chi connectivity index (χ1) is 6.90. The van der Waals surface area contributed by atoms with Crippen LogP contribution >= 0.6 is 0 Å². The highest BCUT2D eigenvalue weighted by molar-refractivity contribution is 4.97. The van der Waals surface area contributed by atoms with Gasteiger partial charge in [-0.25, -0.2) is 0 Å². The van der Waals surface area contributed by atoms with Gasteiger partial charge in [-0.3, -0.25) is 0 Å². The minimum absolute atomic E-state index is 0.387. The van der Waals surface area contributed by atoms with E-state index in [0.29, 0.717) is 25.0 Å². The maximum atomic E-state index is 5.19. The Morgan fingerprint density at radius 3 is 3.29 bits per heavy atom. The molecule has 2 rings (SSSR count). The van der Waals surface area contributed by atoms with E-state index in [1.165, 1.54) is 0 Å². The molecular formula is C9H15N3O2. The van der Waals surface area contributed by atoms with Crippen molar-refractivity contribution in [3.8, 4) is 0 Å². The lowest BCUT2D eigenvalue weighted by atomic mass is 10.1. The molecule has 5 heteroatoms. The van der Waals surface area contributed by atoms with Crippen LogP contribution in [0.15, 0.2) is 4.52 Å². The van der Waals surface area contributed by atoms with Crippen LogP contribution in [0.1, 0.15) is 31.0 Å². The second kappa shape index (κ2) is 4.52. The number of hydrogen-bond donors (Lipinski definition) is 1. The van der Waals surface area contributed by atoms with Gasteiger partial charge in [0, 0.05) is 13.2 Å². The molecule has 1 aliphatic heterocycles. The molecule has 1 aromatic heterocycles. The van der Waals surface area contributed by atoms with Gasteiger partial charge in [0.05, 0.1) is 5.92 Å². The summed E-state index contributed by atoms with van der Waals surface area (Å²) in [4.78, 5) is 4.29. The first-order valence-corrected chi connectivity index (χ1v) is 5.01. The quantitative estimate of drug-likeness (QED) is 0.769. The van der Waals surface area contributed by atoms with Gasteiger partial charge in [-0.15, -0.1) is 0 Å². The summed E-state index contributed by atoms with van der Waals surface area (Å²) >= 11 is 0. The predicted octanol–water partition coefficient (Wildman–Crippen LogP) is 0.683. The van der Waals surface area contributed by atoms with Crippen molar-refractivity contribution >= 4 is 0 Å². The van der Waals surface area contributed by atoms with E-state index >= 15 is 0 Å². The summed E-state index contributed by atoms with van der Waals surface area (Å²) in [5, 5.41) is 7.12. The summed E-state index contributed by atoms with van der Waals surface area (Å²) in [5.41, 5.74) is 0. The summed E-state index contributed by atoms with van der Waals surface area (Å²) in [5.74, 6) is 1.77. The maximum Gasteiger partial charge on any atom is 0.231 e. The van der Waals surface area contributed by atoms with Crippen LogP contribution in [-0.4, -0.2) is 29.8 Å². The van der Waals surface area contributed by atoms with Crippen LogP contribution in [0, 0.1) is 0 Å². The highest BCUT2D eigenvalue weighted by atomic mass is 16.5. The Labute approximate surface area is 82.8 Å². The van der Waals surface area contributed by atoms with E-state index in [-0.39, 0.29) is 0 Å². The van der Waals surface area contributed by atoms with Crippen molar-refractivity contribution in [1.82, 2.24) is 15.5 Å². The van der Waals surface area contributed by atoms with Crippen molar-refractivity contribution in [2.75, 3.05) is 19.7 Å². The summed E-state index contributed by atoms with van der Waals surface area (Å²) in [6.07, 6.45) is 1.08. The smallest absolute Gasteiger partial charge is 0.231 e. The number of ether oxygens (including phenoxy) is 1. The van der Waals surface area contributed by atoms with Gasteiger partial charge in [-0.05, 0) is 19.9 Å². The van der Waals surface area contributed by atoms with Crippen molar-refractivity contribution in [3.05, 3.63) is 11.7 Å². The van der Waals surface area contributed by atoms with Crippen LogP contribution in [0.2, 0.25) is 0 Å². The third-order valence-corrected chi connectivity index (χ3v) is 2.33. The summed E-state index contributed by atoms with van der Waals surface area (Å²) < 4.78 is 10.4. The van der Waals surface area contributed by atoms with Gasteiger partial charge >= 0.3 is 0 Å². The maximum absolute atomic E-state index is 5.19. The zero-order chi connectivity index (χ0) is 9.80. The first-order valence-electron chi connectivity index (χ1n) is 5.01. The fourth-order valence-electron chi connectivity index (χ4n) is 1.55. The molecule has 0 spiro atoms. The van der Waals surface area contributed by atoms with E-state index in [9.17, 15) is 0 Å². The van der Waals surface area contributed by atoms with Gasteiger partial charge < -0.3 is 14.6 Å². The van der Waals surface area contributed by atoms with Gasteiger partial charge in [-0.2, -0.15) is 4.98 Å². The molecule has 1 fully saturated rings. The van der Waals surface area contributed by atoms with E-state index in [1.54, 1.807) is 0 Å². The van der Waals surface area contributed by atoms with Crippen molar-refractivity contribution in [2.45, 2.75) is 25.9 Å². The molecule has 0 bridgehead atoms. The standard InChI is InChI=1S/C9H15N3O2/c1-2-13-6-8-11-9(14-12-8)7-3-4-10-5-7/h7,10H,2-6H2,1H3. The van der Waals surface area contributed by atoms with E-state index in [2.05, 4.69) is 15.5 Å². The molecule has 0 saturated carbocycles. The van der Waals surface area contributed by atoms with Gasteiger partial charge in [0.2, 0.25) is 5.89 Å². The second-order valence-electron chi connectivity index (χ2n) is 3.38. The van der Waals surface area contributed by atoms with E-state index in [4.69, 9.17) is 9.26 Å². The zero-order valence-electron chi connectivity index (χ0n) is 8.32. The molecular weight excluding hydrogens is 182 g/mol. The molecule has 5 nitrogen and oxygen atoms in total. The number of nitrogens with zero attached hydrogens (tertiary/aromatic N) is 2. The highest BCUT2D eigenvalue weighted by Gasteiger charge is 2.22. The summed E-state index contributed by atoms with van der Waals surface area (Å²) in [6, 6.07) is 0. The van der Waals surface area contributed by atoms with E-state index in [1.807, 2.05) is 6.92 Å². The molecule has 1 N–H and O–H groups in total. The number of aromatic nitrogens is 2. The number of hydrogen-bond acceptors (Lipinski definition) is 5. The van der Waals surface area contributed by atoms with E-state index < -0.39 is 0 Å². The molecule has 0 aromatic carbocycles. The molecule has 2 heterocycles. The fraction of sp³-hybridized carbons (Fsp3) is 0.778. The van der Waals surface area contributed by atoms with Crippen LogP contribution in [-0.2, 0) is 11.3 Å². The first kappa shape index (κ1) is 9.61. The normalized spacial score (nSPS) is 21.6. The Kier molecular flexibility index (Phi) is 3.10. The monoisotopic (exact) mass is 197 g/mol. The van der Waals surface area contributed by atoms with Gasteiger partial charge in [0.15, 0.2) is 5.82 Å². The van der Waals surface area contributed by atoms with Crippen molar-refractivity contribution in [3.63, 3.8) is 0 Å². The topological polar surface area (TPSA) is 60.2 Å². The largest absolute Gasteiger partial charge is 0.374 e. The average Bonchev–Trinajstić information content (AvgIpc) is 2.85. The molecule has 1 aliphatic rings. The van der Waals surface area contributed by atoms with Crippen LogP contribution in [0.4, 0.5) is 0 Å². The molecule has 1 saturated heterocycles. The lowest BCUT2D eigenvalue weighted by Crippen LogP contribution is -2.08. The molecule has 1 aromatic rings. The highest BCUT2D eigenvalue weighted by Crippen LogP contribution is 2.20. The Morgan fingerprint density at radius 1 is 1.64 bits per heavy atom.